The molecule has 9 nitrogen and oxygen atoms in total. The molecule has 44 heavy (non-hydrogen) atoms. The number of nitrogens with one attached hydrogen (secondary N) is 1. The molecular formula is C32H29F3N6O3. The van der Waals surface area contributed by atoms with Crippen molar-refractivity contribution in [2.45, 2.75) is 37.0 Å². The van der Waals surface area contributed by atoms with Crippen molar-refractivity contribution in [1.82, 2.24) is 25.2 Å². The Morgan fingerprint density at radius 2 is 2.02 bits per heavy atom. The first-order chi connectivity index (χ1) is 21.3. The molecule has 2 aromatic carbocycles. The number of halogens is 3. The van der Waals surface area contributed by atoms with Crippen LogP contribution in [0.25, 0.3) is 32.9 Å². The molecule has 0 amide bonds. The number of alkyl halides is 1. The SMILES string of the molecule is C#Cc1c(F)ccc2cc(O)cc(-c3nc4c5c(nc(OC[C@@]67CCCN6C[C@H](F)C7)nc5c3F)N(C3CNC3)CCO4)c12. The van der Waals surface area contributed by atoms with E-state index in [0.717, 1.165) is 32.5 Å². The summed E-state index contributed by atoms with van der Waals surface area (Å²) in [7, 11) is 0. The maximum atomic E-state index is 16.8. The lowest BCUT2D eigenvalue weighted by atomic mass is 9.95. The van der Waals surface area contributed by atoms with Crippen LogP contribution in [0.5, 0.6) is 17.6 Å². The van der Waals surface area contributed by atoms with Crippen LogP contribution in [0.15, 0.2) is 24.3 Å². The second-order valence-electron chi connectivity index (χ2n) is 12.0. The summed E-state index contributed by atoms with van der Waals surface area (Å²) in [5.41, 5.74) is -0.726. The van der Waals surface area contributed by atoms with E-state index in [1.165, 1.54) is 24.3 Å². The lowest BCUT2D eigenvalue weighted by Gasteiger charge is -2.38. The summed E-state index contributed by atoms with van der Waals surface area (Å²) in [4.78, 5) is 18.1. The molecule has 0 unspecified atom stereocenters. The first kappa shape index (κ1) is 27.2. The van der Waals surface area contributed by atoms with E-state index in [-0.39, 0.29) is 64.6 Å². The summed E-state index contributed by atoms with van der Waals surface area (Å²) in [5.74, 6) is 1.26. The largest absolute Gasteiger partial charge is 0.508 e. The van der Waals surface area contributed by atoms with Crippen LogP contribution in [-0.4, -0.2) is 88.6 Å². The molecule has 0 spiro atoms. The smallest absolute Gasteiger partial charge is 0.319 e. The van der Waals surface area contributed by atoms with E-state index in [2.05, 4.69) is 26.1 Å². The summed E-state index contributed by atoms with van der Waals surface area (Å²) < 4.78 is 58.4. The number of phenols is 1. The first-order valence-corrected chi connectivity index (χ1v) is 14.8. The van der Waals surface area contributed by atoms with Gasteiger partial charge in [0, 0.05) is 37.0 Å². The number of hydrogen-bond acceptors (Lipinski definition) is 9. The molecule has 6 heterocycles. The maximum Gasteiger partial charge on any atom is 0.319 e. The van der Waals surface area contributed by atoms with Crippen molar-refractivity contribution >= 4 is 27.5 Å². The van der Waals surface area contributed by atoms with Gasteiger partial charge in [0.15, 0.2) is 5.82 Å². The number of phenolic OH excluding ortho intramolecular Hbond substituents is 1. The van der Waals surface area contributed by atoms with Crippen molar-refractivity contribution in [3.63, 3.8) is 0 Å². The van der Waals surface area contributed by atoms with Gasteiger partial charge >= 0.3 is 6.01 Å². The Morgan fingerprint density at radius 1 is 1.16 bits per heavy atom. The van der Waals surface area contributed by atoms with Gasteiger partial charge in [-0.2, -0.15) is 9.97 Å². The standard InChI is InChI=1S/C32H29F3N6O3/c1-2-21-23(34)5-4-17-10-20(42)11-22(24(17)21)27-26(35)28-25-29(41(19-13-36-14-19)8-9-43-30(25)37-27)39-31(38-28)44-16-32-6-3-7-40(32)15-18(33)12-32/h1,4-5,10-11,18-19,36,42H,3,6-9,12-16H2/t18-,32+/m1/s1. The summed E-state index contributed by atoms with van der Waals surface area (Å²) >= 11 is 0. The van der Waals surface area contributed by atoms with Crippen LogP contribution in [0.2, 0.25) is 0 Å². The number of rotatable bonds is 5. The fourth-order valence-corrected chi connectivity index (χ4v) is 7.25. The number of anilines is 1. The molecule has 3 fully saturated rings. The van der Waals surface area contributed by atoms with Crippen molar-refractivity contribution in [2.24, 2.45) is 0 Å². The average Bonchev–Trinajstić information content (AvgIpc) is 3.44. The quantitative estimate of drug-likeness (QED) is 0.330. The normalized spacial score (nSPS) is 23.3. The van der Waals surface area contributed by atoms with Crippen LogP contribution in [0, 0.1) is 24.0 Å². The fraction of sp³-hybridized carbons (Fsp3) is 0.406. The lowest BCUT2D eigenvalue weighted by Crippen LogP contribution is -2.58. The van der Waals surface area contributed by atoms with E-state index in [0.29, 0.717) is 36.1 Å². The minimum absolute atomic E-state index is 0.0339. The number of aromatic nitrogens is 3. The Bertz CT molecular complexity index is 1880. The Hall–Kier alpha value is -4.34. The summed E-state index contributed by atoms with van der Waals surface area (Å²) in [5, 5.41) is 14.8. The second-order valence-corrected chi connectivity index (χ2v) is 12.0. The summed E-state index contributed by atoms with van der Waals surface area (Å²) in [6, 6.07) is 5.46. The topological polar surface area (TPSA) is 95.9 Å². The number of hydrogen-bond donors (Lipinski definition) is 2. The van der Waals surface area contributed by atoms with E-state index >= 15 is 4.39 Å². The van der Waals surface area contributed by atoms with Gasteiger partial charge in [0.2, 0.25) is 5.88 Å². The number of ether oxygens (including phenoxy) is 2. The Balaban J connectivity index is 1.33. The molecular weight excluding hydrogens is 573 g/mol. The molecule has 3 saturated heterocycles. The molecule has 4 aliphatic rings. The molecule has 4 aromatic rings. The predicted octanol–water partition coefficient (Wildman–Crippen LogP) is 3.94. The van der Waals surface area contributed by atoms with Crippen molar-refractivity contribution in [1.29, 1.82) is 0 Å². The van der Waals surface area contributed by atoms with Crippen LogP contribution in [-0.2, 0) is 0 Å². The second kappa shape index (κ2) is 10.1. The van der Waals surface area contributed by atoms with Crippen molar-refractivity contribution in [3.8, 4) is 41.2 Å². The third kappa shape index (κ3) is 4.13. The van der Waals surface area contributed by atoms with Crippen molar-refractivity contribution in [2.75, 3.05) is 50.8 Å². The highest BCUT2D eigenvalue weighted by Gasteiger charge is 2.49. The minimum Gasteiger partial charge on any atom is -0.508 e. The Morgan fingerprint density at radius 3 is 2.82 bits per heavy atom. The third-order valence-corrected chi connectivity index (χ3v) is 9.44. The van der Waals surface area contributed by atoms with E-state index in [9.17, 15) is 13.9 Å². The predicted molar refractivity (Wildman–Crippen MR) is 158 cm³/mol. The molecule has 8 rings (SSSR count). The number of aromatic hydroxyl groups is 1. The molecule has 2 N–H and O–H groups in total. The zero-order valence-corrected chi connectivity index (χ0v) is 23.7. The van der Waals surface area contributed by atoms with Gasteiger partial charge in [-0.25, -0.2) is 18.2 Å². The van der Waals surface area contributed by atoms with Gasteiger partial charge in [-0.1, -0.05) is 12.0 Å². The van der Waals surface area contributed by atoms with Crippen LogP contribution in [0.3, 0.4) is 0 Å². The first-order valence-electron chi connectivity index (χ1n) is 14.8. The van der Waals surface area contributed by atoms with E-state index in [4.69, 9.17) is 20.9 Å². The molecule has 0 bridgehead atoms. The minimum atomic E-state index is -0.927. The third-order valence-electron chi connectivity index (χ3n) is 9.44. The molecule has 226 valence electrons. The molecule has 12 heteroatoms. The van der Waals surface area contributed by atoms with E-state index < -0.39 is 23.3 Å². The van der Waals surface area contributed by atoms with Crippen LogP contribution in [0.1, 0.15) is 24.8 Å². The molecule has 0 radical (unpaired) electrons. The molecule has 4 aliphatic heterocycles. The molecule has 2 aromatic heterocycles. The highest BCUT2D eigenvalue weighted by molar-refractivity contribution is 6.04. The van der Waals surface area contributed by atoms with Crippen molar-refractivity contribution < 1.29 is 27.8 Å². The van der Waals surface area contributed by atoms with Crippen LogP contribution < -0.4 is 19.7 Å². The number of nitrogens with zero attached hydrogens (tertiary/aromatic N) is 5. The van der Waals surface area contributed by atoms with Gasteiger partial charge < -0.3 is 24.8 Å². The number of benzene rings is 2. The average molecular weight is 603 g/mol. The lowest BCUT2D eigenvalue weighted by molar-refractivity contribution is 0.107. The van der Waals surface area contributed by atoms with Gasteiger partial charge in [0.25, 0.3) is 0 Å². The van der Waals surface area contributed by atoms with Crippen molar-refractivity contribution in [3.05, 3.63) is 41.5 Å². The van der Waals surface area contributed by atoms with Gasteiger partial charge in [0.1, 0.15) is 53.4 Å². The molecule has 2 atom stereocenters. The van der Waals surface area contributed by atoms with Gasteiger partial charge in [0.05, 0.1) is 23.7 Å². The highest BCUT2D eigenvalue weighted by atomic mass is 19.1. The number of terminal acetylenes is 1. The fourth-order valence-electron chi connectivity index (χ4n) is 7.25. The highest BCUT2D eigenvalue weighted by Crippen LogP contribution is 2.44. The van der Waals surface area contributed by atoms with E-state index in [1.54, 1.807) is 0 Å². The zero-order valence-electron chi connectivity index (χ0n) is 23.7. The van der Waals surface area contributed by atoms with Crippen LogP contribution in [0.4, 0.5) is 19.0 Å². The van der Waals surface area contributed by atoms with Crippen LogP contribution >= 0.6 is 0 Å². The van der Waals surface area contributed by atoms with E-state index in [1.807, 2.05) is 4.90 Å². The number of fused-ring (bicyclic) bond motifs is 2. The maximum absolute atomic E-state index is 16.8. The van der Waals surface area contributed by atoms with Gasteiger partial charge in [-0.3, -0.25) is 4.90 Å². The monoisotopic (exact) mass is 602 g/mol. The van der Waals surface area contributed by atoms with Gasteiger partial charge in [-0.05, 0) is 43.0 Å². The summed E-state index contributed by atoms with van der Waals surface area (Å²) in [6.45, 7) is 3.50. The zero-order chi connectivity index (χ0) is 30.2. The Kier molecular flexibility index (Phi) is 6.25. The van der Waals surface area contributed by atoms with Gasteiger partial charge in [-0.15, -0.1) is 6.42 Å². The molecule has 0 saturated carbocycles. The number of pyridine rings is 1. The summed E-state index contributed by atoms with van der Waals surface area (Å²) in [6.07, 6.45) is 6.87. The Labute approximate surface area is 251 Å². The molecule has 0 aliphatic carbocycles.